The number of piperazine rings is 1. The summed E-state index contributed by atoms with van der Waals surface area (Å²) >= 11 is 0. The Balaban J connectivity index is 1.43. The van der Waals surface area contributed by atoms with E-state index in [4.69, 9.17) is 4.42 Å². The molecule has 2 atom stereocenters. The second kappa shape index (κ2) is 8.08. The predicted octanol–water partition coefficient (Wildman–Crippen LogP) is 2.08. The van der Waals surface area contributed by atoms with E-state index in [-0.39, 0.29) is 17.9 Å². The summed E-state index contributed by atoms with van der Waals surface area (Å²) < 4.78 is 5.80. The SMILES string of the molecule is CC(C)NC(=O)CN1CCN(C(=O)/C=C/c2ccc(C3CC3C)o2)CC1. The third kappa shape index (κ3) is 4.97. The Labute approximate surface area is 155 Å². The quantitative estimate of drug-likeness (QED) is 0.790. The summed E-state index contributed by atoms with van der Waals surface area (Å²) in [5.74, 6) is 3.05. The van der Waals surface area contributed by atoms with Crippen molar-refractivity contribution in [2.24, 2.45) is 5.92 Å². The predicted molar refractivity (Wildman–Crippen MR) is 101 cm³/mol. The third-order valence-corrected chi connectivity index (χ3v) is 5.01. The molecular weight excluding hydrogens is 330 g/mol. The fourth-order valence-corrected chi connectivity index (χ4v) is 3.33. The van der Waals surface area contributed by atoms with Gasteiger partial charge in [0.05, 0.1) is 6.54 Å². The molecule has 1 aliphatic heterocycles. The van der Waals surface area contributed by atoms with Gasteiger partial charge in [0.15, 0.2) is 0 Å². The molecule has 142 valence electrons. The van der Waals surface area contributed by atoms with Gasteiger partial charge in [-0.25, -0.2) is 0 Å². The minimum atomic E-state index is -0.00554. The minimum Gasteiger partial charge on any atom is -0.461 e. The van der Waals surface area contributed by atoms with Crippen molar-refractivity contribution in [3.63, 3.8) is 0 Å². The van der Waals surface area contributed by atoms with E-state index in [1.807, 2.05) is 30.9 Å². The van der Waals surface area contributed by atoms with Crippen LogP contribution in [0.1, 0.15) is 44.6 Å². The summed E-state index contributed by atoms with van der Waals surface area (Å²) in [6, 6.07) is 4.09. The van der Waals surface area contributed by atoms with E-state index >= 15 is 0 Å². The van der Waals surface area contributed by atoms with Crippen LogP contribution in [0.25, 0.3) is 6.08 Å². The molecule has 3 rings (SSSR count). The molecule has 2 unspecified atom stereocenters. The average molecular weight is 359 g/mol. The zero-order valence-corrected chi connectivity index (χ0v) is 15.9. The maximum absolute atomic E-state index is 12.4. The van der Waals surface area contributed by atoms with Crippen LogP contribution in [-0.2, 0) is 9.59 Å². The summed E-state index contributed by atoms with van der Waals surface area (Å²) in [7, 11) is 0. The number of nitrogens with one attached hydrogen (secondary N) is 1. The van der Waals surface area contributed by atoms with Gasteiger partial charge < -0.3 is 14.6 Å². The van der Waals surface area contributed by atoms with Crippen LogP contribution in [0.4, 0.5) is 0 Å². The van der Waals surface area contributed by atoms with Crippen LogP contribution in [0.3, 0.4) is 0 Å². The molecule has 1 aromatic rings. The zero-order chi connectivity index (χ0) is 18.7. The van der Waals surface area contributed by atoms with E-state index in [2.05, 4.69) is 17.1 Å². The molecule has 6 heteroatoms. The Bertz CT molecular complexity index is 672. The van der Waals surface area contributed by atoms with Crippen molar-refractivity contribution in [1.29, 1.82) is 0 Å². The number of carbonyl (C=O) groups excluding carboxylic acids is 2. The summed E-state index contributed by atoms with van der Waals surface area (Å²) in [6.45, 7) is 9.23. The molecule has 1 aliphatic carbocycles. The minimum absolute atomic E-state index is 0.00554. The summed E-state index contributed by atoms with van der Waals surface area (Å²) in [6.07, 6.45) is 4.52. The van der Waals surface area contributed by atoms with Gasteiger partial charge in [0.1, 0.15) is 11.5 Å². The Morgan fingerprint density at radius 1 is 1.27 bits per heavy atom. The molecule has 2 aliphatic rings. The molecule has 0 spiro atoms. The van der Waals surface area contributed by atoms with Crippen LogP contribution in [0.2, 0.25) is 0 Å². The van der Waals surface area contributed by atoms with Crippen LogP contribution in [0.15, 0.2) is 22.6 Å². The van der Waals surface area contributed by atoms with Crippen molar-refractivity contribution < 1.29 is 14.0 Å². The van der Waals surface area contributed by atoms with Crippen LogP contribution in [0.5, 0.6) is 0 Å². The normalized spacial score (nSPS) is 23.6. The van der Waals surface area contributed by atoms with Crippen LogP contribution in [-0.4, -0.2) is 60.4 Å². The monoisotopic (exact) mass is 359 g/mol. The first-order valence-corrected chi connectivity index (χ1v) is 9.51. The largest absolute Gasteiger partial charge is 0.461 e. The highest BCUT2D eigenvalue weighted by molar-refractivity contribution is 5.91. The molecule has 1 aromatic heterocycles. The number of hydrogen-bond acceptors (Lipinski definition) is 4. The molecule has 2 heterocycles. The Kier molecular flexibility index (Phi) is 5.81. The van der Waals surface area contributed by atoms with E-state index in [0.29, 0.717) is 31.5 Å². The van der Waals surface area contributed by atoms with Gasteiger partial charge in [0.2, 0.25) is 11.8 Å². The highest BCUT2D eigenvalue weighted by atomic mass is 16.3. The lowest BCUT2D eigenvalue weighted by Crippen LogP contribution is -2.51. The van der Waals surface area contributed by atoms with Crippen molar-refractivity contribution in [3.8, 4) is 0 Å². The molecule has 2 fully saturated rings. The first kappa shape index (κ1) is 18.7. The first-order chi connectivity index (χ1) is 12.4. The Morgan fingerprint density at radius 2 is 1.96 bits per heavy atom. The van der Waals surface area contributed by atoms with Gasteiger partial charge in [-0.1, -0.05) is 6.92 Å². The molecule has 1 N–H and O–H groups in total. The highest BCUT2D eigenvalue weighted by Crippen LogP contribution is 2.47. The maximum Gasteiger partial charge on any atom is 0.246 e. The van der Waals surface area contributed by atoms with Gasteiger partial charge >= 0.3 is 0 Å². The molecule has 2 amide bonds. The molecule has 0 radical (unpaired) electrons. The second-order valence-electron chi connectivity index (χ2n) is 7.72. The van der Waals surface area contributed by atoms with Crippen molar-refractivity contribution in [1.82, 2.24) is 15.1 Å². The standard InChI is InChI=1S/C20H29N3O3/c1-14(2)21-19(24)13-22-8-10-23(11-9-22)20(25)7-5-16-4-6-18(26-16)17-12-15(17)3/h4-7,14-15,17H,8-13H2,1-3H3,(H,21,24)/b7-5+. The third-order valence-electron chi connectivity index (χ3n) is 5.01. The molecular formula is C20H29N3O3. The van der Waals surface area contributed by atoms with Crippen molar-refractivity contribution in [2.75, 3.05) is 32.7 Å². The lowest BCUT2D eigenvalue weighted by molar-refractivity contribution is -0.128. The highest BCUT2D eigenvalue weighted by Gasteiger charge is 2.36. The van der Waals surface area contributed by atoms with Crippen LogP contribution >= 0.6 is 0 Å². The summed E-state index contributed by atoms with van der Waals surface area (Å²) in [4.78, 5) is 28.1. The second-order valence-corrected chi connectivity index (χ2v) is 7.72. The van der Waals surface area contributed by atoms with Gasteiger partial charge in [0.25, 0.3) is 0 Å². The zero-order valence-electron chi connectivity index (χ0n) is 15.9. The molecule has 0 aromatic carbocycles. The molecule has 1 saturated heterocycles. The van der Waals surface area contributed by atoms with E-state index in [0.717, 1.165) is 24.6 Å². The number of furan rings is 1. The van der Waals surface area contributed by atoms with E-state index < -0.39 is 0 Å². The molecule has 0 bridgehead atoms. The first-order valence-electron chi connectivity index (χ1n) is 9.51. The van der Waals surface area contributed by atoms with Gasteiger partial charge in [-0.3, -0.25) is 14.5 Å². The Hall–Kier alpha value is -2.08. The summed E-state index contributed by atoms with van der Waals surface area (Å²) in [5.41, 5.74) is 0. The maximum atomic E-state index is 12.4. The van der Waals surface area contributed by atoms with Crippen molar-refractivity contribution in [2.45, 2.75) is 39.2 Å². The summed E-state index contributed by atoms with van der Waals surface area (Å²) in [5, 5.41) is 2.90. The molecule has 6 nitrogen and oxygen atoms in total. The topological polar surface area (TPSA) is 65.8 Å². The number of amides is 2. The fourth-order valence-electron chi connectivity index (χ4n) is 3.33. The van der Waals surface area contributed by atoms with E-state index in [9.17, 15) is 9.59 Å². The number of nitrogens with zero attached hydrogens (tertiary/aromatic N) is 2. The van der Waals surface area contributed by atoms with Gasteiger partial charge in [-0.15, -0.1) is 0 Å². The van der Waals surface area contributed by atoms with E-state index in [1.165, 1.54) is 6.42 Å². The lowest BCUT2D eigenvalue weighted by atomic mass is 10.2. The van der Waals surface area contributed by atoms with Crippen LogP contribution in [0, 0.1) is 5.92 Å². The Morgan fingerprint density at radius 3 is 2.58 bits per heavy atom. The van der Waals surface area contributed by atoms with Gasteiger partial charge in [-0.2, -0.15) is 0 Å². The number of hydrogen-bond donors (Lipinski definition) is 1. The molecule has 1 saturated carbocycles. The average Bonchev–Trinajstić information content (AvgIpc) is 3.14. The van der Waals surface area contributed by atoms with Gasteiger partial charge in [-0.05, 0) is 44.4 Å². The number of rotatable bonds is 6. The number of carbonyl (C=O) groups is 2. The smallest absolute Gasteiger partial charge is 0.246 e. The fraction of sp³-hybridized carbons (Fsp3) is 0.600. The van der Waals surface area contributed by atoms with E-state index in [1.54, 1.807) is 12.2 Å². The van der Waals surface area contributed by atoms with Crippen molar-refractivity contribution >= 4 is 17.9 Å². The molecule has 26 heavy (non-hydrogen) atoms. The van der Waals surface area contributed by atoms with Crippen LogP contribution < -0.4 is 5.32 Å². The lowest BCUT2D eigenvalue weighted by Gasteiger charge is -2.33. The van der Waals surface area contributed by atoms with Gasteiger partial charge in [0, 0.05) is 44.2 Å². The van der Waals surface area contributed by atoms with Crippen molar-refractivity contribution in [3.05, 3.63) is 29.7 Å².